The fourth-order valence-corrected chi connectivity index (χ4v) is 4.52. The fraction of sp³-hybridized carbons (Fsp3) is 0.333. The van der Waals surface area contributed by atoms with Crippen molar-refractivity contribution in [2.24, 2.45) is 0 Å². The predicted molar refractivity (Wildman–Crippen MR) is 119 cm³/mol. The number of aromatic nitrogens is 2. The SMILES string of the molecule is COc1nn(-c2ccccc2)c(NC(=O)NC2c3ccccc3OC3(CCC3)[C@@H]2O)c1C. The van der Waals surface area contributed by atoms with Crippen LogP contribution in [0.2, 0.25) is 0 Å². The lowest BCUT2D eigenvalue weighted by atomic mass is 9.71. The standard InChI is InChI=1S/C24H26N4O4/c1-15-21(28(27-22(15)31-2)16-9-4-3-5-10-16)26-23(30)25-19-17-11-6-7-12-18(17)32-24(20(19)29)13-8-14-24/h3-7,9-12,19-20,29H,8,13-14H2,1-2H3,(H2,25,26,30)/t19?,20-/m1/s1. The van der Waals surface area contributed by atoms with E-state index in [0.29, 0.717) is 23.0 Å². The summed E-state index contributed by atoms with van der Waals surface area (Å²) >= 11 is 0. The molecule has 2 amide bonds. The molecular formula is C24H26N4O4. The summed E-state index contributed by atoms with van der Waals surface area (Å²) in [5.41, 5.74) is 1.62. The molecule has 2 heterocycles. The molecule has 32 heavy (non-hydrogen) atoms. The van der Waals surface area contributed by atoms with Crippen LogP contribution in [0.3, 0.4) is 0 Å². The highest BCUT2D eigenvalue weighted by molar-refractivity contribution is 5.90. The van der Waals surface area contributed by atoms with Gasteiger partial charge in [0, 0.05) is 5.56 Å². The third kappa shape index (κ3) is 3.27. The normalized spacial score (nSPS) is 20.6. The second kappa shape index (κ2) is 7.87. The Balaban J connectivity index is 1.44. The van der Waals surface area contributed by atoms with Crippen LogP contribution in [0.15, 0.2) is 54.6 Å². The smallest absolute Gasteiger partial charge is 0.320 e. The molecule has 1 spiro atoms. The number of benzene rings is 2. The van der Waals surface area contributed by atoms with Crippen LogP contribution in [0.25, 0.3) is 5.69 Å². The third-order valence-electron chi connectivity index (χ3n) is 6.41. The molecule has 1 unspecified atom stereocenters. The zero-order valence-corrected chi connectivity index (χ0v) is 18.0. The Bertz CT molecular complexity index is 1140. The first-order valence-electron chi connectivity index (χ1n) is 10.7. The number of hydrogen-bond acceptors (Lipinski definition) is 5. The number of methoxy groups -OCH3 is 1. The maximum Gasteiger partial charge on any atom is 0.320 e. The highest BCUT2D eigenvalue weighted by Gasteiger charge is 2.53. The number of nitrogens with one attached hydrogen (secondary N) is 2. The number of urea groups is 1. The number of hydrogen-bond donors (Lipinski definition) is 3. The Morgan fingerprint density at radius 2 is 1.91 bits per heavy atom. The number of aliphatic hydroxyl groups excluding tert-OH is 1. The van der Waals surface area contributed by atoms with E-state index in [1.54, 1.807) is 11.8 Å². The quantitative estimate of drug-likeness (QED) is 0.581. The van der Waals surface area contributed by atoms with Gasteiger partial charge < -0.3 is 19.9 Å². The van der Waals surface area contributed by atoms with Crippen molar-refractivity contribution < 1.29 is 19.4 Å². The third-order valence-corrected chi connectivity index (χ3v) is 6.41. The minimum atomic E-state index is -0.841. The summed E-state index contributed by atoms with van der Waals surface area (Å²) in [5.74, 6) is 1.63. The number of para-hydroxylation sites is 2. The summed E-state index contributed by atoms with van der Waals surface area (Å²) in [6.07, 6.45) is 1.68. The molecule has 2 aliphatic rings. The molecule has 0 saturated heterocycles. The number of ether oxygens (including phenoxy) is 2. The molecule has 1 aliphatic carbocycles. The molecule has 0 radical (unpaired) electrons. The van der Waals surface area contributed by atoms with Gasteiger partial charge in [-0.1, -0.05) is 36.4 Å². The predicted octanol–water partition coefficient (Wildman–Crippen LogP) is 3.73. The van der Waals surface area contributed by atoms with Crippen LogP contribution in [0.4, 0.5) is 10.6 Å². The van der Waals surface area contributed by atoms with Crippen molar-refractivity contribution in [1.29, 1.82) is 0 Å². The zero-order chi connectivity index (χ0) is 22.3. The van der Waals surface area contributed by atoms with Crippen LogP contribution < -0.4 is 20.1 Å². The van der Waals surface area contributed by atoms with Gasteiger partial charge in [0.2, 0.25) is 5.88 Å². The number of nitrogens with zero attached hydrogens (tertiary/aromatic N) is 2. The van der Waals surface area contributed by atoms with Gasteiger partial charge in [0.15, 0.2) is 0 Å². The Morgan fingerprint density at radius 1 is 1.19 bits per heavy atom. The molecule has 8 nitrogen and oxygen atoms in total. The van der Waals surface area contributed by atoms with Crippen molar-refractivity contribution >= 4 is 11.8 Å². The van der Waals surface area contributed by atoms with Crippen LogP contribution in [0.5, 0.6) is 11.6 Å². The summed E-state index contributed by atoms with van der Waals surface area (Å²) in [6.45, 7) is 1.84. The Kier molecular flexibility index (Phi) is 5.01. The molecule has 1 fully saturated rings. The maximum atomic E-state index is 13.1. The lowest BCUT2D eigenvalue weighted by Crippen LogP contribution is -2.60. The topological polar surface area (TPSA) is 97.6 Å². The van der Waals surface area contributed by atoms with Crippen LogP contribution in [-0.2, 0) is 0 Å². The molecule has 1 aromatic heterocycles. The number of carbonyl (C=O) groups is 1. The molecule has 2 atom stereocenters. The lowest BCUT2D eigenvalue weighted by Gasteiger charge is -2.51. The van der Waals surface area contributed by atoms with Gasteiger partial charge in [0.25, 0.3) is 0 Å². The van der Waals surface area contributed by atoms with Crippen molar-refractivity contribution in [2.45, 2.75) is 43.9 Å². The van der Waals surface area contributed by atoms with Gasteiger partial charge in [-0.2, -0.15) is 0 Å². The van der Waals surface area contributed by atoms with E-state index in [2.05, 4.69) is 15.7 Å². The van der Waals surface area contributed by atoms with Crippen LogP contribution in [0, 0.1) is 6.92 Å². The van der Waals surface area contributed by atoms with Gasteiger partial charge in [0.05, 0.1) is 24.4 Å². The van der Waals surface area contributed by atoms with Gasteiger partial charge in [-0.3, -0.25) is 5.32 Å². The second-order valence-corrected chi connectivity index (χ2v) is 8.31. The van der Waals surface area contributed by atoms with Gasteiger partial charge >= 0.3 is 6.03 Å². The largest absolute Gasteiger partial charge is 0.484 e. The first kappa shape index (κ1) is 20.4. The maximum absolute atomic E-state index is 13.1. The lowest BCUT2D eigenvalue weighted by molar-refractivity contribution is -0.130. The van der Waals surface area contributed by atoms with Gasteiger partial charge in [-0.15, -0.1) is 5.10 Å². The zero-order valence-electron chi connectivity index (χ0n) is 18.0. The van der Waals surface area contributed by atoms with Crippen molar-refractivity contribution in [3.05, 3.63) is 65.7 Å². The molecule has 1 aliphatic heterocycles. The molecule has 0 bridgehead atoms. The highest BCUT2D eigenvalue weighted by atomic mass is 16.5. The van der Waals surface area contributed by atoms with Crippen molar-refractivity contribution in [2.75, 3.05) is 12.4 Å². The van der Waals surface area contributed by atoms with Crippen LogP contribution in [0.1, 0.15) is 36.4 Å². The molecule has 3 aromatic rings. The van der Waals surface area contributed by atoms with E-state index in [-0.39, 0.29) is 0 Å². The summed E-state index contributed by atoms with van der Waals surface area (Å²) < 4.78 is 13.2. The monoisotopic (exact) mass is 434 g/mol. The first-order chi connectivity index (χ1) is 15.5. The van der Waals surface area contributed by atoms with Crippen molar-refractivity contribution in [3.8, 4) is 17.3 Å². The van der Waals surface area contributed by atoms with E-state index in [1.165, 1.54) is 0 Å². The van der Waals surface area contributed by atoms with Crippen molar-refractivity contribution in [3.63, 3.8) is 0 Å². The van der Waals surface area contributed by atoms with E-state index in [9.17, 15) is 9.90 Å². The number of rotatable bonds is 4. The first-order valence-corrected chi connectivity index (χ1v) is 10.7. The minimum Gasteiger partial charge on any atom is -0.484 e. The van der Waals surface area contributed by atoms with E-state index in [0.717, 1.165) is 30.5 Å². The van der Waals surface area contributed by atoms with Crippen LogP contribution >= 0.6 is 0 Å². The number of carbonyl (C=O) groups excluding carboxylic acids is 1. The Labute approximate surface area is 186 Å². The van der Waals surface area contributed by atoms with Gasteiger partial charge in [0.1, 0.15) is 23.3 Å². The number of fused-ring (bicyclic) bond motifs is 1. The fourth-order valence-electron chi connectivity index (χ4n) is 4.52. The second-order valence-electron chi connectivity index (χ2n) is 8.31. The highest BCUT2D eigenvalue weighted by Crippen LogP contribution is 2.48. The molecule has 166 valence electrons. The number of anilines is 1. The number of aliphatic hydroxyl groups is 1. The van der Waals surface area contributed by atoms with Gasteiger partial charge in [-0.25, -0.2) is 9.48 Å². The number of amides is 2. The Hall–Kier alpha value is -3.52. The summed E-state index contributed by atoms with van der Waals surface area (Å²) in [4.78, 5) is 13.1. The van der Waals surface area contributed by atoms with Gasteiger partial charge in [-0.05, 0) is 44.4 Å². The molecule has 3 N–H and O–H groups in total. The summed E-state index contributed by atoms with van der Waals surface area (Å²) in [6, 6.07) is 16.0. The molecule has 5 rings (SSSR count). The molecule has 8 heteroatoms. The van der Waals surface area contributed by atoms with E-state index in [1.807, 2.05) is 61.5 Å². The van der Waals surface area contributed by atoms with Crippen molar-refractivity contribution in [1.82, 2.24) is 15.1 Å². The summed E-state index contributed by atoms with van der Waals surface area (Å²) in [7, 11) is 1.54. The van der Waals surface area contributed by atoms with E-state index < -0.39 is 23.8 Å². The summed E-state index contributed by atoms with van der Waals surface area (Å²) in [5, 5.41) is 21.5. The van der Waals surface area contributed by atoms with E-state index >= 15 is 0 Å². The van der Waals surface area contributed by atoms with Crippen LogP contribution in [-0.4, -0.2) is 39.7 Å². The molecule has 1 saturated carbocycles. The average molecular weight is 434 g/mol. The molecular weight excluding hydrogens is 408 g/mol. The minimum absolute atomic E-state index is 0.425. The van der Waals surface area contributed by atoms with E-state index in [4.69, 9.17) is 9.47 Å². The Morgan fingerprint density at radius 3 is 2.59 bits per heavy atom. The molecule has 2 aromatic carbocycles. The average Bonchev–Trinajstić information content (AvgIpc) is 3.10.